The van der Waals surface area contributed by atoms with Gasteiger partial charge in [0, 0.05) is 28.0 Å². The molecule has 2 heterocycles. The van der Waals surface area contributed by atoms with E-state index < -0.39 is 0 Å². The largest absolute Gasteiger partial charge is 0.492 e. The summed E-state index contributed by atoms with van der Waals surface area (Å²) in [6.07, 6.45) is 3.28. The third kappa shape index (κ3) is 3.66. The fourth-order valence-electron chi connectivity index (χ4n) is 1.91. The number of carbonyl (C=O) groups excluding carboxylic acids is 1. The summed E-state index contributed by atoms with van der Waals surface area (Å²) < 4.78 is 5.40. The first-order valence-corrected chi connectivity index (χ1v) is 8.50. The second-order valence-corrected chi connectivity index (χ2v) is 7.57. The highest BCUT2D eigenvalue weighted by atomic mass is 32.2. The molecule has 0 aromatic carbocycles. The second-order valence-electron chi connectivity index (χ2n) is 4.57. The Kier molecular flexibility index (Phi) is 5.16. The van der Waals surface area contributed by atoms with Crippen LogP contribution in [0.15, 0.2) is 18.5 Å². The molecular weight excluding hydrogens is 278 g/mol. The van der Waals surface area contributed by atoms with Gasteiger partial charge in [-0.1, -0.05) is 13.8 Å². The minimum absolute atomic E-state index is 0.0369. The first-order chi connectivity index (χ1) is 9.11. The lowest BCUT2D eigenvalue weighted by Crippen LogP contribution is -2.31. The summed E-state index contributed by atoms with van der Waals surface area (Å²) >= 11 is 3.66. The average Bonchev–Trinajstić information content (AvgIpc) is 2.42. The second kappa shape index (κ2) is 6.66. The van der Waals surface area contributed by atoms with Gasteiger partial charge in [-0.25, -0.2) is 0 Å². The number of rotatable bonds is 4. The highest BCUT2D eigenvalue weighted by molar-refractivity contribution is 8.08. The molecule has 1 aromatic heterocycles. The van der Waals surface area contributed by atoms with E-state index in [-0.39, 0.29) is 11.0 Å². The lowest BCUT2D eigenvalue weighted by atomic mass is 10.1. The first-order valence-electron chi connectivity index (χ1n) is 6.51. The number of pyridine rings is 1. The van der Waals surface area contributed by atoms with Crippen LogP contribution < -0.4 is 4.74 Å². The number of nitrogens with zero attached hydrogens (tertiary/aromatic N) is 1. The fourth-order valence-corrected chi connectivity index (χ4v) is 4.78. The lowest BCUT2D eigenvalue weighted by molar-refractivity contribution is 0.0994. The Morgan fingerprint density at radius 1 is 1.42 bits per heavy atom. The molecule has 1 saturated heterocycles. The van der Waals surface area contributed by atoms with Gasteiger partial charge in [-0.2, -0.15) is 11.8 Å². The van der Waals surface area contributed by atoms with E-state index in [1.54, 1.807) is 30.2 Å². The molecular formula is C14H19NO2S2. The van der Waals surface area contributed by atoms with Gasteiger partial charge in [0.2, 0.25) is 0 Å². The summed E-state index contributed by atoms with van der Waals surface area (Å²) in [6, 6.07) is 1.80. The predicted molar refractivity (Wildman–Crippen MR) is 82.5 cm³/mol. The van der Waals surface area contributed by atoms with Crippen LogP contribution in [-0.2, 0) is 0 Å². The quantitative estimate of drug-likeness (QED) is 0.797. The number of carbonyl (C=O) groups is 1. The molecule has 0 amide bonds. The van der Waals surface area contributed by atoms with E-state index in [2.05, 4.69) is 18.8 Å². The Morgan fingerprint density at radius 3 is 2.89 bits per heavy atom. The van der Waals surface area contributed by atoms with Crippen molar-refractivity contribution in [2.75, 3.05) is 12.4 Å². The van der Waals surface area contributed by atoms with Crippen molar-refractivity contribution in [1.29, 1.82) is 0 Å². The molecule has 5 heteroatoms. The maximum Gasteiger partial charge on any atom is 0.178 e. The normalized spacial score (nSPS) is 27.0. The molecule has 1 fully saturated rings. The maximum absolute atomic E-state index is 12.5. The summed E-state index contributed by atoms with van der Waals surface area (Å²) in [4.78, 5) is 16.6. The monoisotopic (exact) mass is 297 g/mol. The maximum atomic E-state index is 12.5. The van der Waals surface area contributed by atoms with Crippen molar-refractivity contribution in [3.8, 4) is 5.75 Å². The highest BCUT2D eigenvalue weighted by Crippen LogP contribution is 2.37. The molecule has 2 rings (SSSR count). The Balaban J connectivity index is 2.09. The van der Waals surface area contributed by atoms with Gasteiger partial charge in [0.1, 0.15) is 5.75 Å². The summed E-state index contributed by atoms with van der Waals surface area (Å²) in [5, 5.41) is 1.16. The molecule has 104 valence electrons. The number of Topliss-reactive ketones (excluding diaryl/α,β-unsaturated/α-hetero) is 1. The molecule has 0 aliphatic carbocycles. The van der Waals surface area contributed by atoms with Crippen LogP contribution in [-0.4, -0.2) is 38.9 Å². The lowest BCUT2D eigenvalue weighted by Gasteiger charge is -2.30. The van der Waals surface area contributed by atoms with Crippen molar-refractivity contribution in [3.63, 3.8) is 0 Å². The topological polar surface area (TPSA) is 39.2 Å². The summed E-state index contributed by atoms with van der Waals surface area (Å²) in [5.74, 6) is 1.72. The highest BCUT2D eigenvalue weighted by Gasteiger charge is 2.31. The van der Waals surface area contributed by atoms with Gasteiger partial charge in [-0.3, -0.25) is 9.78 Å². The Morgan fingerprint density at radius 2 is 2.21 bits per heavy atom. The summed E-state index contributed by atoms with van der Waals surface area (Å²) in [6.45, 7) is 6.92. The zero-order valence-electron chi connectivity index (χ0n) is 11.5. The van der Waals surface area contributed by atoms with Gasteiger partial charge >= 0.3 is 0 Å². The SMILES string of the molecule is CCOc1cncc(C(=O)C2CSC(C)C(C)S2)c1. The number of aromatic nitrogens is 1. The average molecular weight is 297 g/mol. The van der Waals surface area contributed by atoms with Crippen LogP contribution in [0, 0.1) is 0 Å². The van der Waals surface area contributed by atoms with Crippen LogP contribution in [0.25, 0.3) is 0 Å². The molecule has 0 bridgehead atoms. The van der Waals surface area contributed by atoms with Crippen LogP contribution >= 0.6 is 23.5 Å². The van der Waals surface area contributed by atoms with Crippen LogP contribution in [0.3, 0.4) is 0 Å². The predicted octanol–water partition coefficient (Wildman–Crippen LogP) is 3.29. The minimum atomic E-state index is 0.0369. The molecule has 3 unspecified atom stereocenters. The van der Waals surface area contributed by atoms with Crippen molar-refractivity contribution in [1.82, 2.24) is 4.98 Å². The van der Waals surface area contributed by atoms with Crippen LogP contribution in [0.4, 0.5) is 0 Å². The van der Waals surface area contributed by atoms with Crippen molar-refractivity contribution < 1.29 is 9.53 Å². The third-order valence-corrected chi connectivity index (χ3v) is 6.54. The first kappa shape index (κ1) is 14.7. The minimum Gasteiger partial charge on any atom is -0.492 e. The molecule has 1 aliphatic rings. The van der Waals surface area contributed by atoms with Gasteiger partial charge in [-0.05, 0) is 13.0 Å². The smallest absolute Gasteiger partial charge is 0.178 e. The van der Waals surface area contributed by atoms with Crippen LogP contribution in [0.1, 0.15) is 31.1 Å². The van der Waals surface area contributed by atoms with E-state index in [0.717, 1.165) is 5.75 Å². The molecule has 0 saturated carbocycles. The Hall–Kier alpha value is -0.680. The van der Waals surface area contributed by atoms with Crippen LogP contribution in [0.5, 0.6) is 5.75 Å². The number of hydrogen-bond donors (Lipinski definition) is 0. The van der Waals surface area contributed by atoms with Crippen molar-refractivity contribution in [2.45, 2.75) is 36.5 Å². The Labute approximate surface area is 122 Å². The van der Waals surface area contributed by atoms with Crippen LogP contribution in [0.2, 0.25) is 0 Å². The van der Waals surface area contributed by atoms with Gasteiger partial charge in [-0.15, -0.1) is 11.8 Å². The molecule has 19 heavy (non-hydrogen) atoms. The molecule has 3 atom stereocenters. The van der Waals surface area contributed by atoms with E-state index in [1.165, 1.54) is 0 Å². The molecule has 1 aliphatic heterocycles. The van der Waals surface area contributed by atoms with E-state index in [4.69, 9.17) is 4.74 Å². The third-order valence-electron chi connectivity index (χ3n) is 3.15. The number of ketones is 1. The summed E-state index contributed by atoms with van der Waals surface area (Å²) in [7, 11) is 0. The number of thioether (sulfide) groups is 2. The van der Waals surface area contributed by atoms with Crippen molar-refractivity contribution in [2.24, 2.45) is 0 Å². The van der Waals surface area contributed by atoms with Gasteiger partial charge in [0.15, 0.2) is 5.78 Å². The van der Waals surface area contributed by atoms with E-state index in [9.17, 15) is 4.79 Å². The van der Waals surface area contributed by atoms with Gasteiger partial charge in [0.25, 0.3) is 0 Å². The summed E-state index contributed by atoms with van der Waals surface area (Å²) in [5.41, 5.74) is 0.658. The van der Waals surface area contributed by atoms with E-state index >= 15 is 0 Å². The van der Waals surface area contributed by atoms with Gasteiger partial charge in [0.05, 0.1) is 18.1 Å². The van der Waals surface area contributed by atoms with Crippen molar-refractivity contribution in [3.05, 3.63) is 24.0 Å². The van der Waals surface area contributed by atoms with Crippen molar-refractivity contribution >= 4 is 29.3 Å². The molecule has 0 spiro atoms. The fraction of sp³-hybridized carbons (Fsp3) is 0.571. The zero-order valence-corrected chi connectivity index (χ0v) is 13.1. The zero-order chi connectivity index (χ0) is 13.8. The number of ether oxygens (including phenoxy) is 1. The Bertz CT molecular complexity index is 453. The molecule has 3 nitrogen and oxygen atoms in total. The molecule has 1 aromatic rings. The van der Waals surface area contributed by atoms with E-state index in [0.29, 0.717) is 28.4 Å². The van der Waals surface area contributed by atoms with Gasteiger partial charge < -0.3 is 4.74 Å². The number of hydrogen-bond acceptors (Lipinski definition) is 5. The standard InChI is InChI=1S/C14H19NO2S2/c1-4-17-12-5-11(6-15-7-12)14(16)13-8-18-9(2)10(3)19-13/h5-7,9-10,13H,4,8H2,1-3H3. The van der Waals surface area contributed by atoms with E-state index in [1.807, 2.05) is 18.7 Å². The molecule has 0 N–H and O–H groups in total. The molecule has 0 radical (unpaired) electrons.